The maximum absolute atomic E-state index is 4.91. The Hall–Kier alpha value is 0.0100. The summed E-state index contributed by atoms with van der Waals surface area (Å²) in [6, 6.07) is 0. The molecular formula is C8H13NOS. The lowest BCUT2D eigenvalue weighted by atomic mass is 9.85. The highest BCUT2D eigenvalue weighted by Gasteiger charge is 2.49. The van der Waals surface area contributed by atoms with E-state index in [4.69, 9.17) is 4.18 Å². The van der Waals surface area contributed by atoms with Gasteiger partial charge in [0, 0.05) is 13.1 Å². The van der Waals surface area contributed by atoms with Crippen molar-refractivity contribution in [2.75, 3.05) is 19.7 Å². The average Bonchev–Trinajstić information content (AvgIpc) is 2.15. The van der Waals surface area contributed by atoms with Crippen LogP contribution in [0.1, 0.15) is 12.8 Å². The minimum absolute atomic E-state index is 0.291. The maximum Gasteiger partial charge on any atom is 0.0798 e. The smallest absolute Gasteiger partial charge is 0.0798 e. The van der Waals surface area contributed by atoms with Crippen LogP contribution in [0, 0.1) is 0 Å². The molecule has 2 fully saturated rings. The Bertz CT molecular complexity index is 195. The SMILES string of the molecule is C=C1CN2CCC2(COS)C1. The Morgan fingerprint density at radius 2 is 2.55 bits per heavy atom. The van der Waals surface area contributed by atoms with Gasteiger partial charge >= 0.3 is 0 Å². The van der Waals surface area contributed by atoms with E-state index in [9.17, 15) is 0 Å². The number of hydrogen-bond donors (Lipinski definition) is 1. The van der Waals surface area contributed by atoms with E-state index in [0.29, 0.717) is 5.54 Å². The number of hydrogen-bond acceptors (Lipinski definition) is 3. The molecule has 2 heterocycles. The van der Waals surface area contributed by atoms with Gasteiger partial charge in [-0.3, -0.25) is 4.90 Å². The number of fused-ring (bicyclic) bond motifs is 1. The van der Waals surface area contributed by atoms with Crippen LogP contribution >= 0.6 is 12.9 Å². The van der Waals surface area contributed by atoms with Gasteiger partial charge in [-0.25, -0.2) is 0 Å². The van der Waals surface area contributed by atoms with Gasteiger partial charge in [0.25, 0.3) is 0 Å². The van der Waals surface area contributed by atoms with Gasteiger partial charge in [0.15, 0.2) is 0 Å². The minimum Gasteiger partial charge on any atom is -0.317 e. The van der Waals surface area contributed by atoms with Gasteiger partial charge in [-0.1, -0.05) is 12.2 Å². The Kier molecular flexibility index (Phi) is 1.74. The lowest BCUT2D eigenvalue weighted by Gasteiger charge is -2.47. The molecule has 0 bridgehead atoms. The van der Waals surface area contributed by atoms with Crippen LogP contribution in [0.5, 0.6) is 0 Å². The zero-order valence-electron chi connectivity index (χ0n) is 6.55. The summed E-state index contributed by atoms with van der Waals surface area (Å²) in [5, 5.41) is 0. The molecule has 0 aliphatic carbocycles. The first-order chi connectivity index (χ1) is 5.27. The Balaban J connectivity index is 2.07. The van der Waals surface area contributed by atoms with E-state index in [1.54, 1.807) is 0 Å². The van der Waals surface area contributed by atoms with Crippen molar-refractivity contribution in [3.8, 4) is 0 Å². The molecule has 3 heteroatoms. The molecule has 1 atom stereocenters. The molecule has 2 aliphatic heterocycles. The summed E-state index contributed by atoms with van der Waals surface area (Å²) in [7, 11) is 0. The first-order valence-electron chi connectivity index (χ1n) is 3.95. The van der Waals surface area contributed by atoms with Gasteiger partial charge in [-0.05, 0) is 25.8 Å². The number of nitrogens with zero attached hydrogens (tertiary/aromatic N) is 1. The third-order valence-corrected chi connectivity index (χ3v) is 2.97. The van der Waals surface area contributed by atoms with Crippen molar-refractivity contribution in [2.45, 2.75) is 18.4 Å². The Labute approximate surface area is 72.8 Å². The second-order valence-electron chi connectivity index (χ2n) is 3.60. The molecule has 0 aromatic rings. The molecule has 0 radical (unpaired) electrons. The van der Waals surface area contributed by atoms with E-state index >= 15 is 0 Å². The quantitative estimate of drug-likeness (QED) is 0.381. The van der Waals surface area contributed by atoms with Crippen molar-refractivity contribution in [3.05, 3.63) is 12.2 Å². The standard InChI is InChI=1S/C8H13NOS/c1-7-4-8(6-10-11)2-3-9(8)5-7/h11H,1-6H2. The summed E-state index contributed by atoms with van der Waals surface area (Å²) in [4.78, 5) is 2.44. The Morgan fingerprint density at radius 1 is 1.73 bits per heavy atom. The zero-order chi connectivity index (χ0) is 7.90. The average molecular weight is 171 g/mol. The maximum atomic E-state index is 4.91. The predicted molar refractivity (Wildman–Crippen MR) is 47.6 cm³/mol. The molecule has 62 valence electrons. The molecule has 2 rings (SSSR count). The zero-order valence-corrected chi connectivity index (χ0v) is 7.44. The van der Waals surface area contributed by atoms with Gasteiger partial charge in [0.2, 0.25) is 0 Å². The summed E-state index contributed by atoms with van der Waals surface area (Å²) in [6.45, 7) is 7.02. The van der Waals surface area contributed by atoms with Crippen LogP contribution in [0.2, 0.25) is 0 Å². The van der Waals surface area contributed by atoms with Crippen LogP contribution in [0.3, 0.4) is 0 Å². The normalized spacial score (nSPS) is 37.0. The van der Waals surface area contributed by atoms with Gasteiger partial charge in [-0.15, -0.1) is 0 Å². The van der Waals surface area contributed by atoms with Crippen molar-refractivity contribution in [2.24, 2.45) is 0 Å². The van der Waals surface area contributed by atoms with Gasteiger partial charge in [0.05, 0.1) is 12.1 Å². The van der Waals surface area contributed by atoms with Crippen molar-refractivity contribution in [1.82, 2.24) is 4.90 Å². The minimum atomic E-state index is 0.291. The van der Waals surface area contributed by atoms with E-state index in [-0.39, 0.29) is 0 Å². The van der Waals surface area contributed by atoms with E-state index in [1.807, 2.05) is 0 Å². The molecule has 0 spiro atoms. The predicted octanol–water partition coefficient (Wildman–Crippen LogP) is 1.25. The summed E-state index contributed by atoms with van der Waals surface area (Å²) in [5.74, 6) is 0. The van der Waals surface area contributed by atoms with E-state index < -0.39 is 0 Å². The number of thiol groups is 1. The van der Waals surface area contributed by atoms with Crippen LogP contribution < -0.4 is 0 Å². The van der Waals surface area contributed by atoms with Gasteiger partial charge in [0.1, 0.15) is 0 Å². The fraction of sp³-hybridized carbons (Fsp3) is 0.750. The Morgan fingerprint density at radius 3 is 3.00 bits per heavy atom. The lowest BCUT2D eigenvalue weighted by molar-refractivity contribution is -0.00474. The van der Waals surface area contributed by atoms with Gasteiger partial charge < -0.3 is 4.18 Å². The molecule has 0 amide bonds. The molecule has 11 heavy (non-hydrogen) atoms. The van der Waals surface area contributed by atoms with Crippen molar-refractivity contribution in [1.29, 1.82) is 0 Å². The molecule has 0 saturated carbocycles. The second-order valence-corrected chi connectivity index (χ2v) is 3.85. The molecular weight excluding hydrogens is 158 g/mol. The topological polar surface area (TPSA) is 12.5 Å². The fourth-order valence-electron chi connectivity index (χ4n) is 2.16. The van der Waals surface area contributed by atoms with E-state index in [0.717, 1.165) is 19.6 Å². The molecule has 0 aromatic heterocycles. The monoisotopic (exact) mass is 171 g/mol. The van der Waals surface area contributed by atoms with Crippen LogP contribution in [-0.4, -0.2) is 30.1 Å². The van der Waals surface area contributed by atoms with Gasteiger partial charge in [-0.2, -0.15) is 0 Å². The molecule has 1 unspecified atom stereocenters. The van der Waals surface area contributed by atoms with Crippen LogP contribution in [0.4, 0.5) is 0 Å². The fourth-order valence-corrected chi connectivity index (χ4v) is 2.40. The highest BCUT2D eigenvalue weighted by Crippen LogP contribution is 2.42. The van der Waals surface area contributed by atoms with Crippen LogP contribution in [0.25, 0.3) is 0 Å². The van der Waals surface area contributed by atoms with E-state index in [2.05, 4.69) is 24.4 Å². The molecule has 0 aromatic carbocycles. The van der Waals surface area contributed by atoms with Crippen molar-refractivity contribution >= 4 is 12.9 Å². The van der Waals surface area contributed by atoms with Crippen molar-refractivity contribution in [3.63, 3.8) is 0 Å². The van der Waals surface area contributed by atoms with Crippen LogP contribution in [0.15, 0.2) is 12.2 Å². The molecule has 2 aliphatic rings. The van der Waals surface area contributed by atoms with Crippen LogP contribution in [-0.2, 0) is 4.18 Å². The molecule has 2 nitrogen and oxygen atoms in total. The first kappa shape index (κ1) is 7.65. The third kappa shape index (κ3) is 1.03. The summed E-state index contributed by atoms with van der Waals surface area (Å²) in [5.41, 5.74) is 1.63. The van der Waals surface area contributed by atoms with Crippen molar-refractivity contribution < 1.29 is 4.18 Å². The highest BCUT2D eigenvalue weighted by atomic mass is 32.1. The first-order valence-corrected chi connectivity index (χ1v) is 4.31. The third-order valence-electron chi connectivity index (χ3n) is 2.84. The van der Waals surface area contributed by atoms with E-state index in [1.165, 1.54) is 18.5 Å². The second kappa shape index (κ2) is 2.51. The largest absolute Gasteiger partial charge is 0.317 e. The molecule has 0 N–H and O–H groups in total. The number of rotatable bonds is 2. The summed E-state index contributed by atoms with van der Waals surface area (Å²) < 4.78 is 4.91. The molecule has 2 saturated heterocycles. The highest BCUT2D eigenvalue weighted by molar-refractivity contribution is 7.75. The summed E-state index contributed by atoms with van der Waals surface area (Å²) in [6.07, 6.45) is 2.35. The summed E-state index contributed by atoms with van der Waals surface area (Å²) >= 11 is 3.80. The lowest BCUT2D eigenvalue weighted by Crippen LogP contribution is -2.57.